The Balaban J connectivity index is 1.94. The number of allylic oxidation sites excluding steroid dienone is 1. The van der Waals surface area contributed by atoms with Crippen molar-refractivity contribution < 1.29 is 4.74 Å². The summed E-state index contributed by atoms with van der Waals surface area (Å²) in [6.45, 7) is 2.26. The van der Waals surface area contributed by atoms with Gasteiger partial charge >= 0.3 is 0 Å². The van der Waals surface area contributed by atoms with Crippen molar-refractivity contribution in [1.82, 2.24) is 10.3 Å². The number of rotatable bonds is 2. The standard InChI is InChI=1S/C15H19BrN2O/c1-19-14-7-11(8-18-15(14)16)12-4-2-3-10-5-6-17-9-13(10)12/h4,7-8,10,13,17H,2-3,5-6,9H2,1H3/t10-,13+/m0/s1. The van der Waals surface area contributed by atoms with Crippen LogP contribution in [0.3, 0.4) is 0 Å². The summed E-state index contributed by atoms with van der Waals surface area (Å²) in [6.07, 6.45) is 8.16. The molecule has 1 aliphatic carbocycles. The second-order valence-electron chi connectivity index (χ2n) is 5.31. The molecule has 2 heterocycles. The maximum Gasteiger partial charge on any atom is 0.152 e. The molecule has 3 nitrogen and oxygen atoms in total. The highest BCUT2D eigenvalue weighted by Gasteiger charge is 2.31. The molecule has 1 N–H and O–H groups in total. The molecule has 4 heteroatoms. The van der Waals surface area contributed by atoms with Crippen molar-refractivity contribution in [2.75, 3.05) is 20.2 Å². The number of aromatic nitrogens is 1. The first-order chi connectivity index (χ1) is 9.29. The second-order valence-corrected chi connectivity index (χ2v) is 6.06. The Labute approximate surface area is 122 Å². The summed E-state index contributed by atoms with van der Waals surface area (Å²) >= 11 is 3.42. The van der Waals surface area contributed by atoms with E-state index in [0.29, 0.717) is 5.92 Å². The number of halogens is 1. The molecule has 0 unspecified atom stereocenters. The molecular weight excluding hydrogens is 304 g/mol. The Morgan fingerprint density at radius 3 is 3.16 bits per heavy atom. The van der Waals surface area contributed by atoms with Crippen LogP contribution in [-0.2, 0) is 0 Å². The molecule has 0 spiro atoms. The fourth-order valence-corrected chi connectivity index (χ4v) is 3.67. The van der Waals surface area contributed by atoms with E-state index >= 15 is 0 Å². The summed E-state index contributed by atoms with van der Waals surface area (Å²) in [5.74, 6) is 2.27. The van der Waals surface area contributed by atoms with E-state index in [1.54, 1.807) is 7.11 Å². The number of nitrogens with zero attached hydrogens (tertiary/aromatic N) is 1. The molecule has 0 radical (unpaired) electrons. The minimum atomic E-state index is 0.634. The quantitative estimate of drug-likeness (QED) is 0.849. The van der Waals surface area contributed by atoms with Crippen LogP contribution in [0.5, 0.6) is 5.75 Å². The first kappa shape index (κ1) is 13.1. The van der Waals surface area contributed by atoms with E-state index in [1.165, 1.54) is 30.4 Å². The zero-order chi connectivity index (χ0) is 13.2. The fraction of sp³-hybridized carbons (Fsp3) is 0.533. The lowest BCUT2D eigenvalue weighted by atomic mass is 9.73. The fourth-order valence-electron chi connectivity index (χ4n) is 3.29. The Bertz CT molecular complexity index is 501. The van der Waals surface area contributed by atoms with Crippen LogP contribution in [-0.4, -0.2) is 25.2 Å². The van der Waals surface area contributed by atoms with Crippen LogP contribution < -0.4 is 10.1 Å². The highest BCUT2D eigenvalue weighted by atomic mass is 79.9. The average Bonchev–Trinajstić information content (AvgIpc) is 2.47. The lowest BCUT2D eigenvalue weighted by molar-refractivity contribution is 0.285. The van der Waals surface area contributed by atoms with Gasteiger partial charge in [-0.1, -0.05) is 6.08 Å². The molecule has 1 aromatic heterocycles. The highest BCUT2D eigenvalue weighted by Crippen LogP contribution is 2.40. The van der Waals surface area contributed by atoms with E-state index in [9.17, 15) is 0 Å². The number of hydrogen-bond donors (Lipinski definition) is 1. The van der Waals surface area contributed by atoms with Crippen molar-refractivity contribution >= 4 is 21.5 Å². The Morgan fingerprint density at radius 1 is 1.42 bits per heavy atom. The zero-order valence-electron chi connectivity index (χ0n) is 11.2. The SMILES string of the molecule is COc1cc(C2=CCC[C@H]3CCNC[C@@H]23)cnc1Br. The molecule has 3 rings (SSSR count). The molecule has 0 bridgehead atoms. The number of methoxy groups -OCH3 is 1. The van der Waals surface area contributed by atoms with Crippen molar-refractivity contribution in [3.63, 3.8) is 0 Å². The monoisotopic (exact) mass is 322 g/mol. The Kier molecular flexibility index (Phi) is 3.89. The van der Waals surface area contributed by atoms with Crippen LogP contribution in [0.1, 0.15) is 24.8 Å². The normalized spacial score (nSPS) is 26.5. The van der Waals surface area contributed by atoms with Crippen molar-refractivity contribution in [2.24, 2.45) is 11.8 Å². The van der Waals surface area contributed by atoms with Crippen LogP contribution in [0.4, 0.5) is 0 Å². The van der Waals surface area contributed by atoms with Crippen LogP contribution in [0.15, 0.2) is 22.9 Å². The van der Waals surface area contributed by atoms with Gasteiger partial charge in [0.2, 0.25) is 0 Å². The van der Waals surface area contributed by atoms with Gasteiger partial charge in [0.15, 0.2) is 5.75 Å². The smallest absolute Gasteiger partial charge is 0.152 e. The van der Waals surface area contributed by atoms with Crippen molar-refractivity contribution in [3.8, 4) is 5.75 Å². The van der Waals surface area contributed by atoms with Crippen molar-refractivity contribution in [2.45, 2.75) is 19.3 Å². The van der Waals surface area contributed by atoms with E-state index in [-0.39, 0.29) is 0 Å². The van der Waals surface area contributed by atoms with Gasteiger partial charge < -0.3 is 10.1 Å². The van der Waals surface area contributed by atoms with Gasteiger partial charge in [-0.25, -0.2) is 4.98 Å². The summed E-state index contributed by atoms with van der Waals surface area (Å²) in [4.78, 5) is 4.39. The average molecular weight is 323 g/mol. The van der Waals surface area contributed by atoms with E-state index in [4.69, 9.17) is 4.74 Å². The number of pyridine rings is 1. The van der Waals surface area contributed by atoms with E-state index in [1.807, 2.05) is 6.20 Å². The third-order valence-corrected chi connectivity index (χ3v) is 4.88. The molecule has 2 aliphatic rings. The molecule has 102 valence electrons. The predicted octanol–water partition coefficient (Wildman–Crippen LogP) is 3.26. The van der Waals surface area contributed by atoms with E-state index < -0.39 is 0 Å². The zero-order valence-corrected chi connectivity index (χ0v) is 12.7. The third kappa shape index (κ3) is 2.56. The lowest BCUT2D eigenvalue weighted by Gasteiger charge is -2.37. The third-order valence-electron chi connectivity index (χ3n) is 4.29. The molecule has 19 heavy (non-hydrogen) atoms. The van der Waals surface area contributed by atoms with E-state index in [0.717, 1.165) is 29.4 Å². The number of nitrogens with one attached hydrogen (secondary N) is 1. The number of ether oxygens (including phenoxy) is 1. The van der Waals surface area contributed by atoms with Gasteiger partial charge in [0.1, 0.15) is 4.60 Å². The minimum absolute atomic E-state index is 0.634. The number of piperidine rings is 1. The summed E-state index contributed by atoms with van der Waals surface area (Å²) in [6, 6.07) is 2.10. The first-order valence-corrected chi connectivity index (χ1v) is 7.69. The molecule has 2 atom stereocenters. The Hall–Kier alpha value is -0.870. The Morgan fingerprint density at radius 2 is 2.32 bits per heavy atom. The molecule has 1 fully saturated rings. The van der Waals surface area contributed by atoms with Gasteiger partial charge in [0.05, 0.1) is 7.11 Å². The maximum atomic E-state index is 5.36. The number of fused-ring (bicyclic) bond motifs is 1. The minimum Gasteiger partial charge on any atom is -0.494 e. The highest BCUT2D eigenvalue weighted by molar-refractivity contribution is 9.10. The van der Waals surface area contributed by atoms with Crippen LogP contribution in [0, 0.1) is 11.8 Å². The molecule has 1 aromatic rings. The van der Waals surface area contributed by atoms with Crippen LogP contribution in [0.25, 0.3) is 5.57 Å². The molecule has 0 saturated carbocycles. The number of hydrogen-bond acceptors (Lipinski definition) is 3. The van der Waals surface area contributed by atoms with Gasteiger partial charge in [-0.2, -0.15) is 0 Å². The van der Waals surface area contributed by atoms with Gasteiger partial charge in [0.25, 0.3) is 0 Å². The summed E-state index contributed by atoms with van der Waals surface area (Å²) < 4.78 is 6.13. The summed E-state index contributed by atoms with van der Waals surface area (Å²) in [5, 5.41) is 3.52. The molecule has 1 aliphatic heterocycles. The van der Waals surface area contributed by atoms with Crippen molar-refractivity contribution in [3.05, 3.63) is 28.5 Å². The van der Waals surface area contributed by atoms with Gasteiger partial charge in [-0.05, 0) is 70.8 Å². The summed E-state index contributed by atoms with van der Waals surface area (Å²) in [7, 11) is 1.69. The topological polar surface area (TPSA) is 34.1 Å². The molecule has 0 aromatic carbocycles. The second kappa shape index (κ2) is 5.63. The summed E-state index contributed by atoms with van der Waals surface area (Å²) in [5.41, 5.74) is 2.65. The predicted molar refractivity (Wildman–Crippen MR) is 80.2 cm³/mol. The van der Waals surface area contributed by atoms with Gasteiger partial charge in [-0.15, -0.1) is 0 Å². The van der Waals surface area contributed by atoms with Crippen molar-refractivity contribution in [1.29, 1.82) is 0 Å². The maximum absolute atomic E-state index is 5.36. The molecule has 1 saturated heterocycles. The van der Waals surface area contributed by atoms with Crippen LogP contribution >= 0.6 is 15.9 Å². The van der Waals surface area contributed by atoms with Crippen LogP contribution in [0.2, 0.25) is 0 Å². The first-order valence-electron chi connectivity index (χ1n) is 6.90. The van der Waals surface area contributed by atoms with Gasteiger partial charge in [-0.3, -0.25) is 0 Å². The largest absolute Gasteiger partial charge is 0.494 e. The van der Waals surface area contributed by atoms with E-state index in [2.05, 4.69) is 38.4 Å². The molecule has 0 amide bonds. The van der Waals surface area contributed by atoms with Gasteiger partial charge in [0, 0.05) is 12.7 Å². The lowest BCUT2D eigenvalue weighted by Crippen LogP contribution is -2.38. The molecular formula is C15H19BrN2O.